The molecule has 150 valence electrons. The maximum Gasteiger partial charge on any atom is 0.254 e. The second-order valence-electron chi connectivity index (χ2n) is 7.29. The van der Waals surface area contributed by atoms with Gasteiger partial charge in [-0.25, -0.2) is 0 Å². The molecule has 2 aromatic carbocycles. The molecule has 6 heteroatoms. The van der Waals surface area contributed by atoms with Gasteiger partial charge in [0.25, 0.3) is 5.91 Å². The first kappa shape index (κ1) is 20.0. The molecular weight excluding hydrogens is 400 g/mol. The number of thiophene rings is 1. The highest BCUT2D eigenvalue weighted by atomic mass is 32.2. The third-order valence-electron chi connectivity index (χ3n) is 5.35. The van der Waals surface area contributed by atoms with Crippen LogP contribution in [0.1, 0.15) is 15.9 Å². The summed E-state index contributed by atoms with van der Waals surface area (Å²) in [7, 11) is 0. The van der Waals surface area contributed by atoms with Gasteiger partial charge in [0.2, 0.25) is 0 Å². The number of hydrogen-bond acceptors (Lipinski definition) is 4. The zero-order chi connectivity index (χ0) is 20.4. The number of piperazine rings is 1. The van der Waals surface area contributed by atoms with Gasteiger partial charge in [-0.15, -0.1) is 0 Å². The van der Waals surface area contributed by atoms with Crippen LogP contribution in [-0.2, 0) is 11.2 Å². The van der Waals surface area contributed by atoms with Crippen molar-refractivity contribution in [1.82, 2.24) is 4.90 Å². The number of amides is 1. The first-order valence-corrected chi connectivity index (χ1v) is 12.1. The van der Waals surface area contributed by atoms with Gasteiger partial charge in [0.1, 0.15) is 6.26 Å². The molecule has 1 atom stereocenters. The first-order valence-electron chi connectivity index (χ1n) is 9.64. The Kier molecular flexibility index (Phi) is 5.94. The van der Waals surface area contributed by atoms with Gasteiger partial charge in [-0.2, -0.15) is 11.3 Å². The lowest BCUT2D eigenvalue weighted by molar-refractivity contribution is 0.0747. The number of rotatable bonds is 4. The van der Waals surface area contributed by atoms with Crippen molar-refractivity contribution in [2.24, 2.45) is 0 Å². The highest BCUT2D eigenvalue weighted by molar-refractivity contribution is 7.90. The average Bonchev–Trinajstić information content (AvgIpc) is 3.28. The van der Waals surface area contributed by atoms with E-state index in [4.69, 9.17) is 0 Å². The average molecular weight is 425 g/mol. The van der Waals surface area contributed by atoms with E-state index in [1.165, 1.54) is 11.3 Å². The third-order valence-corrected chi connectivity index (χ3v) is 6.95. The molecule has 1 aromatic heterocycles. The Balaban J connectivity index is 1.55. The van der Waals surface area contributed by atoms with E-state index >= 15 is 0 Å². The first-order chi connectivity index (χ1) is 14.0. The van der Waals surface area contributed by atoms with Gasteiger partial charge in [-0.05, 0) is 70.3 Å². The van der Waals surface area contributed by atoms with Crippen molar-refractivity contribution in [1.29, 1.82) is 0 Å². The number of carbonyl (C=O) groups excluding carboxylic acids is 1. The Morgan fingerprint density at radius 2 is 1.76 bits per heavy atom. The van der Waals surface area contributed by atoms with Crippen LogP contribution in [0.4, 0.5) is 5.69 Å². The van der Waals surface area contributed by atoms with Crippen LogP contribution in [0, 0.1) is 6.92 Å². The minimum absolute atomic E-state index is 0.0158. The number of carbonyl (C=O) groups is 1. The minimum Gasteiger partial charge on any atom is -0.612 e. The zero-order valence-corrected chi connectivity index (χ0v) is 18.3. The van der Waals surface area contributed by atoms with Crippen molar-refractivity contribution < 1.29 is 9.35 Å². The summed E-state index contributed by atoms with van der Waals surface area (Å²) in [6.07, 6.45) is 1.65. The number of benzene rings is 2. The number of nitrogens with zero attached hydrogens (tertiary/aromatic N) is 2. The summed E-state index contributed by atoms with van der Waals surface area (Å²) < 4.78 is 12.0. The Labute approximate surface area is 179 Å². The van der Waals surface area contributed by atoms with Gasteiger partial charge in [0, 0.05) is 37.9 Å². The molecule has 1 saturated heterocycles. The van der Waals surface area contributed by atoms with Crippen LogP contribution < -0.4 is 4.90 Å². The molecule has 0 N–H and O–H groups in total. The third kappa shape index (κ3) is 4.34. The van der Waals surface area contributed by atoms with Crippen molar-refractivity contribution in [3.8, 4) is 11.1 Å². The fourth-order valence-electron chi connectivity index (χ4n) is 3.64. The van der Waals surface area contributed by atoms with Crippen LogP contribution >= 0.6 is 11.3 Å². The summed E-state index contributed by atoms with van der Waals surface area (Å²) in [6.45, 7) is 5.05. The van der Waals surface area contributed by atoms with E-state index < -0.39 is 11.2 Å². The van der Waals surface area contributed by atoms with Gasteiger partial charge in [0.05, 0.1) is 5.56 Å². The van der Waals surface area contributed by atoms with Crippen LogP contribution in [0.3, 0.4) is 0 Å². The summed E-state index contributed by atoms with van der Waals surface area (Å²) in [4.78, 5) is 18.3. The molecule has 0 aliphatic carbocycles. The predicted molar refractivity (Wildman–Crippen MR) is 121 cm³/mol. The lowest BCUT2D eigenvalue weighted by Crippen LogP contribution is -2.48. The molecule has 1 fully saturated rings. The second-order valence-corrected chi connectivity index (χ2v) is 9.45. The minimum atomic E-state index is -1.12. The van der Waals surface area contributed by atoms with Gasteiger partial charge < -0.3 is 14.4 Å². The molecule has 0 saturated carbocycles. The van der Waals surface area contributed by atoms with Crippen LogP contribution in [-0.4, -0.2) is 47.8 Å². The molecule has 3 aromatic rings. The topological polar surface area (TPSA) is 46.6 Å². The quantitative estimate of drug-likeness (QED) is 0.583. The van der Waals surface area contributed by atoms with Crippen molar-refractivity contribution >= 4 is 34.1 Å². The fraction of sp³-hybridized carbons (Fsp3) is 0.261. The van der Waals surface area contributed by atoms with Crippen molar-refractivity contribution in [3.63, 3.8) is 0 Å². The fourth-order valence-corrected chi connectivity index (χ4v) is 4.84. The van der Waals surface area contributed by atoms with Gasteiger partial charge in [-0.3, -0.25) is 4.79 Å². The number of aryl methyl sites for hydroxylation is 1. The summed E-state index contributed by atoms with van der Waals surface area (Å²) in [5.41, 5.74) is 5.03. The Morgan fingerprint density at radius 1 is 1.03 bits per heavy atom. The van der Waals surface area contributed by atoms with E-state index in [9.17, 15) is 9.35 Å². The normalized spacial score (nSPS) is 15.4. The lowest BCUT2D eigenvalue weighted by Gasteiger charge is -2.36. The molecule has 1 aliphatic heterocycles. The Hall–Kier alpha value is -2.28. The summed E-state index contributed by atoms with van der Waals surface area (Å²) in [5.74, 6) is 0.0158. The van der Waals surface area contributed by atoms with Gasteiger partial charge in [-0.1, -0.05) is 17.7 Å². The van der Waals surface area contributed by atoms with Crippen LogP contribution in [0.2, 0.25) is 0 Å². The standard InChI is InChI=1S/C23H24N2O2S2/c1-17-3-5-19(6-4-17)24-10-12-25(13-11-24)23(26)22-15-20(29(2)27)7-8-21(22)18-9-14-28-16-18/h3-9,14-16H,10-13H2,1-2H3. The van der Waals surface area contributed by atoms with E-state index in [1.807, 2.05) is 33.9 Å². The second kappa shape index (κ2) is 8.61. The number of hydrogen-bond donors (Lipinski definition) is 0. The molecular formula is C23H24N2O2S2. The molecule has 29 heavy (non-hydrogen) atoms. The molecule has 1 aliphatic rings. The van der Waals surface area contributed by atoms with E-state index in [0.29, 0.717) is 23.5 Å². The highest BCUT2D eigenvalue weighted by Gasteiger charge is 2.25. The maximum absolute atomic E-state index is 13.4. The molecule has 0 spiro atoms. The molecule has 0 radical (unpaired) electrons. The number of anilines is 1. The van der Waals surface area contributed by atoms with Gasteiger partial charge in [0.15, 0.2) is 4.90 Å². The highest BCUT2D eigenvalue weighted by Crippen LogP contribution is 2.29. The summed E-state index contributed by atoms with van der Waals surface area (Å²) in [5, 5.41) is 4.06. The monoisotopic (exact) mass is 424 g/mol. The smallest absolute Gasteiger partial charge is 0.254 e. The zero-order valence-electron chi connectivity index (χ0n) is 16.6. The Bertz CT molecular complexity index is 977. The van der Waals surface area contributed by atoms with Crippen LogP contribution in [0.25, 0.3) is 11.1 Å². The maximum atomic E-state index is 13.4. The van der Waals surface area contributed by atoms with E-state index in [1.54, 1.807) is 23.7 Å². The summed E-state index contributed by atoms with van der Waals surface area (Å²) in [6, 6.07) is 16.1. The molecule has 1 unspecified atom stereocenters. The largest absolute Gasteiger partial charge is 0.612 e. The molecule has 2 heterocycles. The SMILES string of the molecule is Cc1ccc(N2CCN(C(=O)c3cc([S+](C)[O-])ccc3-c3ccsc3)CC2)cc1. The van der Waals surface area contributed by atoms with Crippen molar-refractivity contribution in [2.45, 2.75) is 11.8 Å². The molecule has 4 nitrogen and oxygen atoms in total. The lowest BCUT2D eigenvalue weighted by atomic mass is 10.0. The van der Waals surface area contributed by atoms with E-state index in [-0.39, 0.29) is 5.91 Å². The van der Waals surface area contributed by atoms with Crippen molar-refractivity contribution in [3.05, 3.63) is 70.4 Å². The van der Waals surface area contributed by atoms with Crippen molar-refractivity contribution in [2.75, 3.05) is 37.3 Å². The van der Waals surface area contributed by atoms with E-state index in [0.717, 1.165) is 24.2 Å². The summed E-state index contributed by atoms with van der Waals surface area (Å²) >= 11 is 0.483. The van der Waals surface area contributed by atoms with Gasteiger partial charge >= 0.3 is 0 Å². The molecule has 0 bridgehead atoms. The predicted octanol–water partition coefficient (Wildman–Crippen LogP) is 4.42. The molecule has 4 rings (SSSR count). The Morgan fingerprint density at radius 3 is 2.38 bits per heavy atom. The van der Waals surface area contributed by atoms with Crippen LogP contribution in [0.5, 0.6) is 0 Å². The van der Waals surface area contributed by atoms with Crippen LogP contribution in [0.15, 0.2) is 64.2 Å². The molecule has 1 amide bonds. The van der Waals surface area contributed by atoms with E-state index in [2.05, 4.69) is 36.1 Å².